The Morgan fingerprint density at radius 2 is 2.00 bits per heavy atom. The summed E-state index contributed by atoms with van der Waals surface area (Å²) in [6, 6.07) is 7.83. The predicted molar refractivity (Wildman–Crippen MR) is 93.4 cm³/mol. The summed E-state index contributed by atoms with van der Waals surface area (Å²) in [7, 11) is -3.39. The average Bonchev–Trinajstić information content (AvgIpc) is 3.25. The van der Waals surface area contributed by atoms with Gasteiger partial charge in [-0.05, 0) is 42.8 Å². The van der Waals surface area contributed by atoms with E-state index in [1.807, 2.05) is 13.0 Å². The van der Waals surface area contributed by atoms with Crippen LogP contribution in [0.2, 0.25) is 0 Å². The Kier molecular flexibility index (Phi) is 4.73. The second-order valence-corrected chi connectivity index (χ2v) is 9.97. The summed E-state index contributed by atoms with van der Waals surface area (Å²) in [6.45, 7) is 2.55. The third kappa shape index (κ3) is 3.15. The molecule has 0 aromatic carbocycles. The average molecular weight is 356 g/mol. The molecule has 6 heteroatoms. The Balaban J connectivity index is 1.77. The van der Waals surface area contributed by atoms with E-state index in [1.165, 1.54) is 29.1 Å². The van der Waals surface area contributed by atoms with Gasteiger partial charge in [-0.3, -0.25) is 0 Å². The van der Waals surface area contributed by atoms with E-state index in [-0.39, 0.29) is 5.41 Å². The Labute approximate surface area is 140 Å². The largest absolute Gasteiger partial charge is 0.250 e. The third-order valence-corrected chi connectivity index (χ3v) is 8.69. The van der Waals surface area contributed by atoms with Gasteiger partial charge in [0.05, 0.1) is 0 Å². The van der Waals surface area contributed by atoms with Crippen LogP contribution in [0.1, 0.15) is 42.4 Å². The molecule has 1 fully saturated rings. The van der Waals surface area contributed by atoms with Gasteiger partial charge in [-0.25, -0.2) is 13.1 Å². The van der Waals surface area contributed by atoms with Crippen molar-refractivity contribution in [1.82, 2.24) is 4.72 Å². The van der Waals surface area contributed by atoms with Crippen molar-refractivity contribution in [2.75, 3.05) is 6.54 Å². The minimum atomic E-state index is -3.39. The lowest BCUT2D eigenvalue weighted by Crippen LogP contribution is -2.38. The van der Waals surface area contributed by atoms with Gasteiger partial charge < -0.3 is 0 Å². The number of sulfonamides is 1. The fourth-order valence-electron chi connectivity index (χ4n) is 3.14. The van der Waals surface area contributed by atoms with E-state index in [9.17, 15) is 8.42 Å². The third-order valence-electron chi connectivity index (χ3n) is 4.46. The summed E-state index contributed by atoms with van der Waals surface area (Å²) < 4.78 is 28.4. The number of hydrogen-bond acceptors (Lipinski definition) is 4. The standard InChI is InChI=1S/C16H21NO2S3/c1-2-13-7-8-15(21-13)22(18,19)17-12-16(9-3-4-10-16)14-6-5-11-20-14/h5-8,11,17H,2-4,9-10,12H2,1H3. The van der Waals surface area contributed by atoms with Crippen LogP contribution >= 0.6 is 22.7 Å². The molecular formula is C16H21NO2S3. The van der Waals surface area contributed by atoms with E-state index in [2.05, 4.69) is 22.2 Å². The van der Waals surface area contributed by atoms with Crippen LogP contribution in [0.5, 0.6) is 0 Å². The van der Waals surface area contributed by atoms with Crippen LogP contribution < -0.4 is 4.72 Å². The quantitative estimate of drug-likeness (QED) is 0.845. The Morgan fingerprint density at radius 3 is 2.59 bits per heavy atom. The summed E-state index contributed by atoms with van der Waals surface area (Å²) in [5.74, 6) is 0. The second-order valence-electron chi connectivity index (χ2n) is 5.86. The first-order valence-corrected chi connectivity index (χ1v) is 10.9. The van der Waals surface area contributed by atoms with E-state index in [4.69, 9.17) is 0 Å². The van der Waals surface area contributed by atoms with Gasteiger partial charge in [0.15, 0.2) is 0 Å². The topological polar surface area (TPSA) is 46.2 Å². The molecule has 3 nitrogen and oxygen atoms in total. The van der Waals surface area contributed by atoms with Gasteiger partial charge in [-0.2, -0.15) is 0 Å². The van der Waals surface area contributed by atoms with E-state index < -0.39 is 10.0 Å². The molecule has 2 heterocycles. The summed E-state index contributed by atoms with van der Waals surface area (Å²) in [6.07, 6.45) is 5.37. The van der Waals surface area contributed by atoms with Crippen LogP contribution in [-0.4, -0.2) is 15.0 Å². The highest BCUT2D eigenvalue weighted by atomic mass is 32.2. The normalized spacial score (nSPS) is 17.9. The zero-order valence-corrected chi connectivity index (χ0v) is 15.1. The maximum absolute atomic E-state index is 12.5. The molecule has 0 saturated heterocycles. The van der Waals surface area contributed by atoms with Gasteiger partial charge >= 0.3 is 0 Å². The molecule has 0 unspecified atom stereocenters. The summed E-state index contributed by atoms with van der Waals surface area (Å²) in [4.78, 5) is 2.42. The maximum Gasteiger partial charge on any atom is 0.250 e. The summed E-state index contributed by atoms with van der Waals surface area (Å²) in [5, 5.41) is 2.08. The molecular weight excluding hydrogens is 334 g/mol. The van der Waals surface area contributed by atoms with Crippen molar-refractivity contribution >= 4 is 32.7 Å². The van der Waals surface area contributed by atoms with Gasteiger partial charge in [-0.1, -0.05) is 25.8 Å². The Morgan fingerprint density at radius 1 is 1.23 bits per heavy atom. The molecule has 120 valence electrons. The number of rotatable bonds is 6. The van der Waals surface area contributed by atoms with Crippen LogP contribution in [-0.2, 0) is 21.9 Å². The smallest absolute Gasteiger partial charge is 0.210 e. The first-order valence-electron chi connectivity index (χ1n) is 7.68. The van der Waals surface area contributed by atoms with Crippen LogP contribution in [0.3, 0.4) is 0 Å². The minimum Gasteiger partial charge on any atom is -0.210 e. The first-order chi connectivity index (χ1) is 10.6. The lowest BCUT2D eigenvalue weighted by molar-refractivity contribution is 0.440. The molecule has 0 bridgehead atoms. The highest BCUT2D eigenvalue weighted by molar-refractivity contribution is 7.91. The monoisotopic (exact) mass is 355 g/mol. The molecule has 22 heavy (non-hydrogen) atoms. The van der Waals surface area contributed by atoms with Gasteiger partial charge in [0, 0.05) is 21.7 Å². The maximum atomic E-state index is 12.5. The number of aryl methyl sites for hydroxylation is 1. The molecule has 0 spiro atoms. The fourth-order valence-corrected chi connectivity index (χ4v) is 6.59. The van der Waals surface area contributed by atoms with Crippen molar-refractivity contribution in [1.29, 1.82) is 0 Å². The highest BCUT2D eigenvalue weighted by Gasteiger charge is 2.37. The minimum absolute atomic E-state index is 0.00785. The summed E-state index contributed by atoms with van der Waals surface area (Å²) in [5.41, 5.74) is -0.00785. The zero-order chi connectivity index (χ0) is 15.6. The molecule has 1 N–H and O–H groups in total. The SMILES string of the molecule is CCc1ccc(S(=O)(=O)NCC2(c3cccs3)CCCC2)s1. The molecule has 1 aliphatic carbocycles. The van der Waals surface area contributed by atoms with E-state index >= 15 is 0 Å². The molecule has 0 aliphatic heterocycles. The number of thiophene rings is 2. The van der Waals surface area contributed by atoms with Crippen molar-refractivity contribution in [3.63, 3.8) is 0 Å². The molecule has 2 aromatic heterocycles. The van der Waals surface area contributed by atoms with Crippen molar-refractivity contribution in [3.05, 3.63) is 39.4 Å². The molecule has 0 radical (unpaired) electrons. The Bertz CT molecular complexity index is 710. The zero-order valence-electron chi connectivity index (χ0n) is 12.7. The highest BCUT2D eigenvalue weighted by Crippen LogP contribution is 2.42. The molecule has 0 atom stereocenters. The predicted octanol–water partition coefficient (Wildman–Crippen LogP) is 4.16. The molecule has 0 amide bonds. The van der Waals surface area contributed by atoms with Crippen molar-refractivity contribution in [3.8, 4) is 0 Å². The molecule has 2 aromatic rings. The van der Waals surface area contributed by atoms with Gasteiger partial charge in [0.1, 0.15) is 4.21 Å². The second kappa shape index (κ2) is 6.43. The Hall–Kier alpha value is -0.690. The lowest BCUT2D eigenvalue weighted by Gasteiger charge is -2.28. The van der Waals surface area contributed by atoms with Gasteiger partial charge in [0.2, 0.25) is 10.0 Å². The summed E-state index contributed by atoms with van der Waals surface area (Å²) >= 11 is 3.11. The number of nitrogens with one attached hydrogen (secondary N) is 1. The van der Waals surface area contributed by atoms with Gasteiger partial charge in [-0.15, -0.1) is 22.7 Å². The lowest BCUT2D eigenvalue weighted by atomic mass is 9.85. The fraction of sp³-hybridized carbons (Fsp3) is 0.500. The van der Waals surface area contributed by atoms with Crippen LogP contribution in [0, 0.1) is 0 Å². The van der Waals surface area contributed by atoms with Gasteiger partial charge in [0.25, 0.3) is 0 Å². The van der Waals surface area contributed by atoms with E-state index in [1.54, 1.807) is 17.4 Å². The van der Waals surface area contributed by atoms with Crippen LogP contribution in [0.15, 0.2) is 33.9 Å². The van der Waals surface area contributed by atoms with E-state index in [0.717, 1.165) is 24.1 Å². The van der Waals surface area contributed by atoms with Crippen LogP contribution in [0.25, 0.3) is 0 Å². The molecule has 1 aliphatic rings. The first kappa shape index (κ1) is 16.2. The van der Waals surface area contributed by atoms with Crippen molar-refractivity contribution in [2.45, 2.75) is 48.7 Å². The van der Waals surface area contributed by atoms with Crippen LogP contribution in [0.4, 0.5) is 0 Å². The molecule has 1 saturated carbocycles. The van der Waals surface area contributed by atoms with Crippen molar-refractivity contribution in [2.24, 2.45) is 0 Å². The molecule has 3 rings (SSSR count). The number of hydrogen-bond donors (Lipinski definition) is 1. The van der Waals surface area contributed by atoms with E-state index in [0.29, 0.717) is 10.8 Å². The van der Waals surface area contributed by atoms with Crippen molar-refractivity contribution < 1.29 is 8.42 Å².